The third kappa shape index (κ3) is 4.66. The normalized spacial score (nSPS) is 23.3. The van der Waals surface area contributed by atoms with Crippen molar-refractivity contribution in [3.8, 4) is 5.75 Å². The molecule has 1 unspecified atom stereocenters. The molecule has 1 atom stereocenters. The van der Waals surface area contributed by atoms with Crippen molar-refractivity contribution in [3.63, 3.8) is 0 Å². The van der Waals surface area contributed by atoms with E-state index < -0.39 is 0 Å². The number of hydrogen-bond donors (Lipinski definition) is 1. The monoisotopic (exact) mass is 385 g/mol. The van der Waals surface area contributed by atoms with Crippen molar-refractivity contribution in [2.45, 2.75) is 44.7 Å². The highest BCUT2D eigenvalue weighted by Crippen LogP contribution is 2.28. The second kappa shape index (κ2) is 8.52. The summed E-state index contributed by atoms with van der Waals surface area (Å²) in [5.74, 6) is 1.74. The quantitative estimate of drug-likeness (QED) is 0.780. The Bertz CT molecular complexity index is 693. The van der Waals surface area contributed by atoms with E-state index in [1.54, 1.807) is 7.11 Å². The molecule has 28 heavy (non-hydrogen) atoms. The second-order valence-corrected chi connectivity index (χ2v) is 8.47. The predicted octanol–water partition coefficient (Wildman–Crippen LogP) is 2.03. The standard InChI is InChI=1S/C22H31N3O3/c1-28-20-6-4-17(5-7-20)14-25-15-18(12-21(25)26)22(27)24-10-8-19(9-11-24)23-13-16-2-3-16/h4-7,16,18-19,23H,2-3,8-15H2,1H3. The van der Waals surface area contributed by atoms with Crippen molar-refractivity contribution < 1.29 is 14.3 Å². The SMILES string of the molecule is COc1ccc(CN2CC(C(=O)N3CCC(NCC4CC4)CC3)CC2=O)cc1. The van der Waals surface area contributed by atoms with Gasteiger partial charge in [0.2, 0.25) is 11.8 Å². The molecular weight excluding hydrogens is 354 g/mol. The van der Waals surface area contributed by atoms with Gasteiger partial charge in [0.05, 0.1) is 13.0 Å². The molecule has 1 aromatic rings. The van der Waals surface area contributed by atoms with Crippen molar-refractivity contribution in [2.75, 3.05) is 33.3 Å². The molecule has 1 aromatic carbocycles. The van der Waals surface area contributed by atoms with Gasteiger partial charge in [-0.3, -0.25) is 9.59 Å². The summed E-state index contributed by atoms with van der Waals surface area (Å²) in [6.45, 7) is 3.84. The molecule has 6 nitrogen and oxygen atoms in total. The zero-order valence-corrected chi connectivity index (χ0v) is 16.7. The number of nitrogens with one attached hydrogen (secondary N) is 1. The Hall–Kier alpha value is -2.08. The highest BCUT2D eigenvalue weighted by atomic mass is 16.5. The van der Waals surface area contributed by atoms with Gasteiger partial charge in [-0.05, 0) is 55.8 Å². The van der Waals surface area contributed by atoms with Gasteiger partial charge in [-0.1, -0.05) is 12.1 Å². The van der Waals surface area contributed by atoms with Gasteiger partial charge >= 0.3 is 0 Å². The molecule has 1 N–H and O–H groups in total. The first-order valence-corrected chi connectivity index (χ1v) is 10.5. The maximum absolute atomic E-state index is 12.9. The Morgan fingerprint density at radius 1 is 1.14 bits per heavy atom. The number of methoxy groups -OCH3 is 1. The van der Waals surface area contributed by atoms with Crippen LogP contribution >= 0.6 is 0 Å². The lowest BCUT2D eigenvalue weighted by Gasteiger charge is -2.34. The lowest BCUT2D eigenvalue weighted by molar-refractivity contribution is -0.136. The summed E-state index contributed by atoms with van der Waals surface area (Å²) in [5.41, 5.74) is 1.06. The number of ether oxygens (including phenoxy) is 1. The van der Waals surface area contributed by atoms with Crippen molar-refractivity contribution in [3.05, 3.63) is 29.8 Å². The molecule has 0 aromatic heterocycles. The topological polar surface area (TPSA) is 61.9 Å². The summed E-state index contributed by atoms with van der Waals surface area (Å²) >= 11 is 0. The summed E-state index contributed by atoms with van der Waals surface area (Å²) < 4.78 is 5.18. The molecule has 1 saturated carbocycles. The predicted molar refractivity (Wildman–Crippen MR) is 107 cm³/mol. The third-order valence-corrected chi connectivity index (χ3v) is 6.29. The summed E-state index contributed by atoms with van der Waals surface area (Å²) in [7, 11) is 1.64. The van der Waals surface area contributed by atoms with E-state index in [1.807, 2.05) is 34.1 Å². The number of benzene rings is 1. The zero-order chi connectivity index (χ0) is 19.5. The molecule has 4 rings (SSSR count). The number of rotatable bonds is 7. The number of carbonyl (C=O) groups excluding carboxylic acids is 2. The van der Waals surface area contributed by atoms with Crippen LogP contribution in [0.3, 0.4) is 0 Å². The van der Waals surface area contributed by atoms with Crippen molar-refractivity contribution in [1.29, 1.82) is 0 Å². The van der Waals surface area contributed by atoms with Crippen LogP contribution in [0.2, 0.25) is 0 Å². The van der Waals surface area contributed by atoms with Gasteiger partial charge in [0.1, 0.15) is 5.75 Å². The van der Waals surface area contributed by atoms with E-state index in [0.717, 1.165) is 49.7 Å². The molecule has 152 valence electrons. The lowest BCUT2D eigenvalue weighted by Crippen LogP contribution is -2.47. The molecule has 3 aliphatic rings. The lowest BCUT2D eigenvalue weighted by atomic mass is 10.0. The fraction of sp³-hybridized carbons (Fsp3) is 0.636. The van der Waals surface area contributed by atoms with Crippen LogP contribution in [0.15, 0.2) is 24.3 Å². The number of hydrogen-bond acceptors (Lipinski definition) is 4. The van der Waals surface area contributed by atoms with Gasteiger partial charge in [0, 0.05) is 38.6 Å². The van der Waals surface area contributed by atoms with Crippen LogP contribution in [0.5, 0.6) is 5.75 Å². The smallest absolute Gasteiger partial charge is 0.227 e. The first kappa shape index (κ1) is 19.2. The van der Waals surface area contributed by atoms with Crippen LogP contribution in [0.1, 0.15) is 37.7 Å². The molecule has 0 radical (unpaired) electrons. The van der Waals surface area contributed by atoms with Crippen LogP contribution in [-0.4, -0.2) is 60.9 Å². The van der Waals surface area contributed by atoms with Gasteiger partial charge in [-0.2, -0.15) is 0 Å². The van der Waals surface area contributed by atoms with Crippen molar-refractivity contribution in [2.24, 2.45) is 11.8 Å². The molecule has 0 spiro atoms. The minimum absolute atomic E-state index is 0.0788. The number of likely N-dealkylation sites (tertiary alicyclic amines) is 2. The molecule has 2 amide bonds. The Kier molecular flexibility index (Phi) is 5.85. The molecule has 0 bridgehead atoms. The molecular formula is C22H31N3O3. The van der Waals surface area contributed by atoms with Crippen molar-refractivity contribution in [1.82, 2.24) is 15.1 Å². The Labute approximate surface area is 167 Å². The highest BCUT2D eigenvalue weighted by Gasteiger charge is 2.37. The van der Waals surface area contributed by atoms with Gasteiger partial charge < -0.3 is 19.9 Å². The fourth-order valence-corrected chi connectivity index (χ4v) is 4.26. The Morgan fingerprint density at radius 2 is 1.86 bits per heavy atom. The largest absolute Gasteiger partial charge is 0.497 e. The average molecular weight is 386 g/mol. The van der Waals surface area contributed by atoms with E-state index in [4.69, 9.17) is 4.74 Å². The first-order valence-electron chi connectivity index (χ1n) is 10.5. The molecule has 2 aliphatic heterocycles. The average Bonchev–Trinajstić information content (AvgIpc) is 3.49. The molecule has 6 heteroatoms. The second-order valence-electron chi connectivity index (χ2n) is 8.47. The minimum Gasteiger partial charge on any atom is -0.497 e. The summed E-state index contributed by atoms with van der Waals surface area (Å²) in [6, 6.07) is 8.29. The van der Waals surface area contributed by atoms with Crippen LogP contribution in [0.4, 0.5) is 0 Å². The highest BCUT2D eigenvalue weighted by molar-refractivity contribution is 5.89. The molecule has 2 heterocycles. The summed E-state index contributed by atoms with van der Waals surface area (Å²) in [6.07, 6.45) is 5.12. The molecule has 2 saturated heterocycles. The van der Waals surface area contributed by atoms with E-state index >= 15 is 0 Å². The maximum Gasteiger partial charge on any atom is 0.227 e. The summed E-state index contributed by atoms with van der Waals surface area (Å²) in [4.78, 5) is 29.1. The molecule has 1 aliphatic carbocycles. The number of nitrogens with zero attached hydrogens (tertiary/aromatic N) is 2. The van der Waals surface area contributed by atoms with Gasteiger partial charge in [-0.15, -0.1) is 0 Å². The van der Waals surface area contributed by atoms with Crippen molar-refractivity contribution >= 4 is 11.8 Å². The van der Waals surface area contributed by atoms with Gasteiger partial charge in [-0.25, -0.2) is 0 Å². The minimum atomic E-state index is -0.193. The summed E-state index contributed by atoms with van der Waals surface area (Å²) in [5, 5.41) is 3.65. The van der Waals surface area contributed by atoms with Crippen LogP contribution in [0, 0.1) is 11.8 Å². The van der Waals surface area contributed by atoms with Crippen LogP contribution in [-0.2, 0) is 16.1 Å². The van der Waals surface area contributed by atoms with E-state index in [1.165, 1.54) is 12.8 Å². The molecule has 3 fully saturated rings. The maximum atomic E-state index is 12.9. The number of amides is 2. The van der Waals surface area contributed by atoms with E-state index in [2.05, 4.69) is 5.32 Å². The van der Waals surface area contributed by atoms with Gasteiger partial charge in [0.15, 0.2) is 0 Å². The Morgan fingerprint density at radius 3 is 2.50 bits per heavy atom. The third-order valence-electron chi connectivity index (χ3n) is 6.29. The first-order chi connectivity index (χ1) is 13.6. The Balaban J connectivity index is 1.25. The van der Waals surface area contributed by atoms with Crippen LogP contribution in [0.25, 0.3) is 0 Å². The zero-order valence-electron chi connectivity index (χ0n) is 16.7. The number of carbonyl (C=O) groups is 2. The van der Waals surface area contributed by atoms with E-state index in [9.17, 15) is 9.59 Å². The fourth-order valence-electron chi connectivity index (χ4n) is 4.26. The van der Waals surface area contributed by atoms with Gasteiger partial charge in [0.25, 0.3) is 0 Å². The number of piperidine rings is 1. The van der Waals surface area contributed by atoms with Crippen LogP contribution < -0.4 is 10.1 Å². The van der Waals surface area contributed by atoms with E-state index in [0.29, 0.717) is 25.6 Å². The van der Waals surface area contributed by atoms with E-state index in [-0.39, 0.29) is 17.7 Å².